The van der Waals surface area contributed by atoms with E-state index in [0.29, 0.717) is 23.9 Å². The number of hydrogen-bond acceptors (Lipinski definition) is 7. The van der Waals surface area contributed by atoms with Crippen molar-refractivity contribution in [3.63, 3.8) is 0 Å². The Balaban J connectivity index is 2.17. The summed E-state index contributed by atoms with van der Waals surface area (Å²) in [5.41, 5.74) is 0.943. The highest BCUT2D eigenvalue weighted by Crippen LogP contribution is 2.42. The van der Waals surface area contributed by atoms with Gasteiger partial charge in [0.05, 0.1) is 23.6 Å². The number of fused-ring (bicyclic) bond motifs is 1. The average Bonchev–Trinajstić information content (AvgIpc) is 3.13. The summed E-state index contributed by atoms with van der Waals surface area (Å²) < 4.78 is 7.50. The molecular formula is C19H26N4O3S. The molecular weight excluding hydrogens is 364 g/mol. The van der Waals surface area contributed by atoms with Gasteiger partial charge in [-0.25, -0.2) is 4.98 Å². The maximum Gasteiger partial charge on any atom is 0.230 e. The zero-order valence-corrected chi connectivity index (χ0v) is 16.9. The SMILES string of the molecule is CCN(CCO)C(c1ccccc1OC(C)C)c1sc2nc(C)nn2c1O. The fourth-order valence-electron chi connectivity index (χ4n) is 3.20. The van der Waals surface area contributed by atoms with Crippen LogP contribution in [0.15, 0.2) is 24.3 Å². The maximum absolute atomic E-state index is 10.9. The van der Waals surface area contributed by atoms with Crippen LogP contribution in [-0.2, 0) is 0 Å². The van der Waals surface area contributed by atoms with E-state index >= 15 is 0 Å². The number of aromatic hydroxyl groups is 1. The number of thiazole rings is 1. The molecule has 0 aliphatic carbocycles. The summed E-state index contributed by atoms with van der Waals surface area (Å²) in [4.78, 5) is 7.88. The van der Waals surface area contributed by atoms with Crippen molar-refractivity contribution in [3.8, 4) is 11.6 Å². The summed E-state index contributed by atoms with van der Waals surface area (Å²) in [7, 11) is 0. The zero-order valence-electron chi connectivity index (χ0n) is 16.1. The zero-order chi connectivity index (χ0) is 19.6. The molecule has 1 atom stereocenters. The summed E-state index contributed by atoms with van der Waals surface area (Å²) in [5.74, 6) is 1.46. The Hall–Kier alpha value is -2.16. The summed E-state index contributed by atoms with van der Waals surface area (Å²) in [6.07, 6.45) is 0.0262. The fourth-order valence-corrected chi connectivity index (χ4v) is 4.35. The molecule has 0 aliphatic rings. The molecule has 0 bridgehead atoms. The molecule has 1 aromatic carbocycles. The molecule has 7 nitrogen and oxygen atoms in total. The fraction of sp³-hybridized carbons (Fsp3) is 0.474. The van der Waals surface area contributed by atoms with Gasteiger partial charge in [-0.1, -0.05) is 36.5 Å². The Morgan fingerprint density at radius 1 is 1.30 bits per heavy atom. The van der Waals surface area contributed by atoms with Crippen molar-refractivity contribution in [2.75, 3.05) is 19.7 Å². The topological polar surface area (TPSA) is 83.1 Å². The molecule has 0 radical (unpaired) electrons. The molecule has 0 saturated carbocycles. The number of nitrogens with zero attached hydrogens (tertiary/aromatic N) is 4. The van der Waals surface area contributed by atoms with Crippen molar-refractivity contribution in [3.05, 3.63) is 40.5 Å². The summed E-state index contributed by atoms with van der Waals surface area (Å²) in [6.45, 7) is 9.01. The second-order valence-electron chi connectivity index (χ2n) is 6.60. The Morgan fingerprint density at radius 2 is 2.04 bits per heavy atom. The molecule has 2 aromatic heterocycles. The minimum Gasteiger partial charge on any atom is -0.492 e. The molecule has 3 rings (SSSR count). The lowest BCUT2D eigenvalue weighted by Gasteiger charge is -2.31. The second kappa shape index (κ2) is 8.24. The third-order valence-electron chi connectivity index (χ3n) is 4.29. The van der Waals surface area contributed by atoms with E-state index in [4.69, 9.17) is 4.74 Å². The lowest BCUT2D eigenvalue weighted by Crippen LogP contribution is -2.32. The molecule has 27 heavy (non-hydrogen) atoms. The van der Waals surface area contributed by atoms with Gasteiger partial charge in [0, 0.05) is 12.1 Å². The quantitative estimate of drug-likeness (QED) is 0.615. The van der Waals surface area contributed by atoms with Gasteiger partial charge in [-0.05, 0) is 33.4 Å². The number of likely N-dealkylation sites (N-methyl/N-ethyl adjacent to an activating group) is 1. The predicted octanol–water partition coefficient (Wildman–Crippen LogP) is 3.00. The molecule has 3 aromatic rings. The van der Waals surface area contributed by atoms with Crippen LogP contribution in [0.25, 0.3) is 4.96 Å². The number of aromatic nitrogens is 3. The first-order chi connectivity index (χ1) is 13.0. The van der Waals surface area contributed by atoms with E-state index < -0.39 is 0 Å². The Kier molecular flexibility index (Phi) is 5.98. The number of aliphatic hydroxyl groups is 1. The van der Waals surface area contributed by atoms with Crippen LogP contribution in [0.3, 0.4) is 0 Å². The number of aliphatic hydroxyl groups excluding tert-OH is 1. The molecule has 146 valence electrons. The average molecular weight is 391 g/mol. The van der Waals surface area contributed by atoms with E-state index in [1.165, 1.54) is 15.9 Å². The van der Waals surface area contributed by atoms with Crippen molar-refractivity contribution in [2.45, 2.75) is 39.8 Å². The Morgan fingerprint density at radius 3 is 2.67 bits per heavy atom. The molecule has 2 heterocycles. The van der Waals surface area contributed by atoms with E-state index in [2.05, 4.69) is 15.0 Å². The number of rotatable bonds is 8. The third-order valence-corrected chi connectivity index (χ3v) is 5.36. The van der Waals surface area contributed by atoms with Gasteiger partial charge in [0.15, 0.2) is 0 Å². The van der Waals surface area contributed by atoms with Crippen LogP contribution < -0.4 is 4.74 Å². The van der Waals surface area contributed by atoms with Crippen LogP contribution in [0.1, 0.15) is 43.1 Å². The third kappa shape index (κ3) is 3.92. The smallest absolute Gasteiger partial charge is 0.230 e. The standard InChI is InChI=1S/C19H26N4O3S/c1-5-22(10-11-24)16(14-8-6-7-9-15(14)26-12(2)3)17-18(25)23-19(27-17)20-13(4)21-23/h6-9,12,16,24-25H,5,10-11H2,1-4H3. The molecule has 2 N–H and O–H groups in total. The van der Waals surface area contributed by atoms with Crippen molar-refractivity contribution >= 4 is 16.3 Å². The summed E-state index contributed by atoms with van der Waals surface area (Å²) >= 11 is 1.41. The van der Waals surface area contributed by atoms with Crippen molar-refractivity contribution in [1.82, 2.24) is 19.5 Å². The number of aryl methyl sites for hydroxylation is 1. The molecule has 0 aliphatic heterocycles. The molecule has 0 spiro atoms. The molecule has 0 amide bonds. The summed E-state index contributed by atoms with van der Waals surface area (Å²) in [6, 6.07) is 7.56. The van der Waals surface area contributed by atoms with Gasteiger partial charge in [0.2, 0.25) is 10.8 Å². The van der Waals surface area contributed by atoms with Gasteiger partial charge < -0.3 is 14.9 Å². The van der Waals surface area contributed by atoms with Gasteiger partial charge in [-0.3, -0.25) is 4.90 Å². The summed E-state index contributed by atoms with van der Waals surface area (Å²) in [5, 5.41) is 24.7. The monoisotopic (exact) mass is 390 g/mol. The molecule has 0 saturated heterocycles. The van der Waals surface area contributed by atoms with Crippen LogP contribution in [-0.4, -0.2) is 55.5 Å². The minimum atomic E-state index is -0.272. The van der Waals surface area contributed by atoms with Gasteiger partial charge in [-0.15, -0.1) is 5.10 Å². The molecule has 0 fully saturated rings. The van der Waals surface area contributed by atoms with E-state index in [0.717, 1.165) is 16.2 Å². The number of hydrogen-bond donors (Lipinski definition) is 2. The predicted molar refractivity (Wildman–Crippen MR) is 106 cm³/mol. The van der Waals surface area contributed by atoms with Crippen LogP contribution in [0.4, 0.5) is 0 Å². The first kappa shape index (κ1) is 19.6. The van der Waals surface area contributed by atoms with Crippen LogP contribution in [0.2, 0.25) is 0 Å². The highest BCUT2D eigenvalue weighted by Gasteiger charge is 2.30. The van der Waals surface area contributed by atoms with Crippen LogP contribution >= 0.6 is 11.3 Å². The largest absolute Gasteiger partial charge is 0.492 e. The number of para-hydroxylation sites is 1. The first-order valence-corrected chi connectivity index (χ1v) is 9.93. The second-order valence-corrected chi connectivity index (χ2v) is 7.61. The van der Waals surface area contributed by atoms with Crippen LogP contribution in [0, 0.1) is 6.92 Å². The highest BCUT2D eigenvalue weighted by atomic mass is 32.1. The highest BCUT2D eigenvalue weighted by molar-refractivity contribution is 7.17. The van der Waals surface area contributed by atoms with Gasteiger partial charge in [-0.2, -0.15) is 4.52 Å². The van der Waals surface area contributed by atoms with Gasteiger partial charge >= 0.3 is 0 Å². The first-order valence-electron chi connectivity index (χ1n) is 9.11. The van der Waals surface area contributed by atoms with E-state index in [1.807, 2.05) is 45.0 Å². The van der Waals surface area contributed by atoms with E-state index in [-0.39, 0.29) is 24.6 Å². The van der Waals surface area contributed by atoms with Gasteiger partial charge in [0.25, 0.3) is 0 Å². The number of benzene rings is 1. The number of ether oxygens (including phenoxy) is 1. The Bertz CT molecular complexity index is 906. The van der Waals surface area contributed by atoms with E-state index in [1.54, 1.807) is 6.92 Å². The normalized spacial score (nSPS) is 13.0. The lowest BCUT2D eigenvalue weighted by atomic mass is 10.0. The maximum atomic E-state index is 10.9. The van der Waals surface area contributed by atoms with Crippen molar-refractivity contribution in [1.29, 1.82) is 0 Å². The molecule has 8 heteroatoms. The molecule has 1 unspecified atom stereocenters. The lowest BCUT2D eigenvalue weighted by molar-refractivity contribution is 0.168. The van der Waals surface area contributed by atoms with Crippen LogP contribution in [0.5, 0.6) is 11.6 Å². The van der Waals surface area contributed by atoms with E-state index in [9.17, 15) is 10.2 Å². The van der Waals surface area contributed by atoms with Crippen molar-refractivity contribution < 1.29 is 14.9 Å². The van der Waals surface area contributed by atoms with Gasteiger partial charge in [0.1, 0.15) is 11.6 Å². The minimum absolute atomic E-state index is 0.0260. The Labute approximate surface area is 162 Å². The van der Waals surface area contributed by atoms with Crippen molar-refractivity contribution in [2.24, 2.45) is 0 Å².